The largest absolute Gasteiger partial charge is 0.434 e. The van der Waals surface area contributed by atoms with Gasteiger partial charge in [-0.25, -0.2) is 4.98 Å². The van der Waals surface area contributed by atoms with Crippen LogP contribution in [0.2, 0.25) is 0 Å². The van der Waals surface area contributed by atoms with Gasteiger partial charge in [-0.2, -0.15) is 31.4 Å². The van der Waals surface area contributed by atoms with Gasteiger partial charge in [0, 0.05) is 25.3 Å². The summed E-state index contributed by atoms with van der Waals surface area (Å²) in [6.07, 6.45) is -5.27. The number of hydrogen-bond donors (Lipinski definition) is 2. The molecule has 1 fully saturated rings. The van der Waals surface area contributed by atoms with E-state index in [1.165, 1.54) is 10.5 Å². The summed E-state index contributed by atoms with van der Waals surface area (Å²) >= 11 is 0. The van der Waals surface area contributed by atoms with Crippen LogP contribution >= 0.6 is 0 Å². The molecule has 0 aromatic carbocycles. The number of hydrogen-bond acceptors (Lipinski definition) is 4. The summed E-state index contributed by atoms with van der Waals surface area (Å²) in [5, 5.41) is 7.76. The predicted molar refractivity (Wildman–Crippen MR) is 106 cm³/mol. The number of carbonyl (C=O) groups excluding carboxylic acids is 1. The number of amides is 1. The van der Waals surface area contributed by atoms with Crippen LogP contribution in [0.25, 0.3) is 5.65 Å². The number of imidazole rings is 1. The molecule has 0 unspecified atom stereocenters. The van der Waals surface area contributed by atoms with Gasteiger partial charge in [-0.15, -0.1) is 0 Å². The van der Waals surface area contributed by atoms with Crippen molar-refractivity contribution in [2.45, 2.75) is 50.1 Å². The molecule has 0 bridgehead atoms. The molecule has 3 heterocycles. The molecule has 1 aliphatic carbocycles. The summed E-state index contributed by atoms with van der Waals surface area (Å²) in [5.41, 5.74) is -2.56. The lowest BCUT2D eigenvalue weighted by atomic mass is 9.90. The highest BCUT2D eigenvalue weighted by molar-refractivity contribution is 5.95. The number of fused-ring (bicyclic) bond motifs is 1. The molecular formula is C20H20F6N6O. The zero-order valence-corrected chi connectivity index (χ0v) is 17.3. The molecule has 3 aromatic rings. The Bertz CT molecular complexity index is 1140. The monoisotopic (exact) mass is 474 g/mol. The SMILES string of the molecule is CN(c1cccc2nc(C(F)(F)F)cn12)C1CCC(NC(=O)c2cn[nH]c2C(F)(F)F)CC1. The first kappa shape index (κ1) is 22.9. The van der Waals surface area contributed by atoms with E-state index in [-0.39, 0.29) is 17.7 Å². The van der Waals surface area contributed by atoms with Gasteiger partial charge >= 0.3 is 12.4 Å². The molecule has 1 saturated carbocycles. The van der Waals surface area contributed by atoms with E-state index < -0.39 is 35.2 Å². The lowest BCUT2D eigenvalue weighted by molar-refractivity contribution is -0.142. The van der Waals surface area contributed by atoms with Crippen molar-refractivity contribution >= 4 is 17.4 Å². The zero-order valence-electron chi connectivity index (χ0n) is 17.3. The summed E-state index contributed by atoms with van der Waals surface area (Å²) in [7, 11) is 1.77. The van der Waals surface area contributed by atoms with Gasteiger partial charge in [0.1, 0.15) is 11.5 Å². The normalized spacial score (nSPS) is 19.6. The zero-order chi connectivity index (χ0) is 24.0. The van der Waals surface area contributed by atoms with Crippen molar-refractivity contribution in [3.8, 4) is 0 Å². The van der Waals surface area contributed by atoms with Gasteiger partial charge in [0.25, 0.3) is 5.91 Å². The quantitative estimate of drug-likeness (QED) is 0.554. The molecule has 4 rings (SSSR count). The third-order valence-corrected chi connectivity index (χ3v) is 5.87. The van der Waals surface area contributed by atoms with Crippen LogP contribution in [0.5, 0.6) is 0 Å². The van der Waals surface area contributed by atoms with Gasteiger partial charge in [0.05, 0.1) is 11.8 Å². The minimum atomic E-state index is -4.72. The second kappa shape index (κ2) is 8.27. The van der Waals surface area contributed by atoms with Crippen LogP contribution in [-0.4, -0.2) is 44.6 Å². The van der Waals surface area contributed by atoms with Crippen LogP contribution in [0, 0.1) is 0 Å². The number of aromatic amines is 1. The number of nitrogens with zero attached hydrogens (tertiary/aromatic N) is 4. The summed E-state index contributed by atoms with van der Waals surface area (Å²) in [4.78, 5) is 17.8. The first-order valence-electron chi connectivity index (χ1n) is 10.1. The third-order valence-electron chi connectivity index (χ3n) is 5.87. The number of H-pyrrole nitrogens is 1. The Morgan fingerprint density at radius 1 is 1.12 bits per heavy atom. The first-order chi connectivity index (χ1) is 15.4. The van der Waals surface area contributed by atoms with E-state index in [4.69, 9.17) is 0 Å². The van der Waals surface area contributed by atoms with Crippen molar-refractivity contribution < 1.29 is 31.1 Å². The maximum absolute atomic E-state index is 13.1. The lowest BCUT2D eigenvalue weighted by Gasteiger charge is -2.36. The van der Waals surface area contributed by atoms with Crippen molar-refractivity contribution in [3.05, 3.63) is 47.5 Å². The van der Waals surface area contributed by atoms with Crippen LogP contribution in [0.3, 0.4) is 0 Å². The Balaban J connectivity index is 1.42. The van der Waals surface area contributed by atoms with E-state index in [2.05, 4.69) is 15.4 Å². The van der Waals surface area contributed by atoms with E-state index in [9.17, 15) is 31.1 Å². The average molecular weight is 474 g/mol. The number of pyridine rings is 1. The summed E-state index contributed by atoms with van der Waals surface area (Å²) in [6.45, 7) is 0. The van der Waals surface area contributed by atoms with Crippen LogP contribution < -0.4 is 10.2 Å². The second-order valence-electron chi connectivity index (χ2n) is 7.98. The maximum atomic E-state index is 13.1. The van der Waals surface area contributed by atoms with Gasteiger partial charge in [0.15, 0.2) is 11.4 Å². The number of carbonyl (C=O) groups is 1. The Kier molecular flexibility index (Phi) is 5.74. The van der Waals surface area contributed by atoms with Gasteiger partial charge in [-0.3, -0.25) is 14.3 Å². The fraction of sp³-hybridized carbons (Fsp3) is 0.450. The predicted octanol–water partition coefficient (Wildman–Crippen LogP) is 4.27. The smallest absolute Gasteiger partial charge is 0.358 e. The number of anilines is 1. The number of aromatic nitrogens is 4. The highest BCUT2D eigenvalue weighted by Gasteiger charge is 2.38. The molecule has 7 nitrogen and oxygen atoms in total. The molecule has 33 heavy (non-hydrogen) atoms. The Labute approximate surface area is 183 Å². The highest BCUT2D eigenvalue weighted by atomic mass is 19.4. The summed E-state index contributed by atoms with van der Waals surface area (Å²) in [5.74, 6) is -0.313. The Morgan fingerprint density at radius 3 is 2.45 bits per heavy atom. The molecule has 0 radical (unpaired) electrons. The molecule has 13 heteroatoms. The standard InChI is InChI=1S/C20H20F6N6O/c1-31(16-4-2-3-15-29-14(10-32(15)16)19(21,22)23)12-7-5-11(6-8-12)28-18(33)13-9-27-30-17(13)20(24,25)26/h2-4,9-12H,5-8H2,1H3,(H,27,30)(H,28,33). The fourth-order valence-corrected chi connectivity index (χ4v) is 4.15. The number of nitrogens with one attached hydrogen (secondary N) is 2. The van der Waals surface area contributed by atoms with Crippen LogP contribution in [0.15, 0.2) is 30.6 Å². The number of rotatable bonds is 4. The fourth-order valence-electron chi connectivity index (χ4n) is 4.15. The highest BCUT2D eigenvalue weighted by Crippen LogP contribution is 2.33. The molecule has 2 N–H and O–H groups in total. The van der Waals surface area contributed by atoms with Crippen molar-refractivity contribution in [1.29, 1.82) is 0 Å². The van der Waals surface area contributed by atoms with Gasteiger partial charge in [-0.1, -0.05) is 6.07 Å². The molecule has 3 aromatic heterocycles. The Morgan fingerprint density at radius 2 is 1.82 bits per heavy atom. The molecule has 1 amide bonds. The van der Waals surface area contributed by atoms with E-state index >= 15 is 0 Å². The molecule has 0 aliphatic heterocycles. The molecule has 0 atom stereocenters. The minimum absolute atomic E-state index is 0.0276. The van der Waals surface area contributed by atoms with E-state index in [1.807, 2.05) is 10.00 Å². The third kappa shape index (κ3) is 4.62. The number of alkyl halides is 6. The van der Waals surface area contributed by atoms with Crippen LogP contribution in [0.4, 0.5) is 32.2 Å². The molecule has 0 spiro atoms. The van der Waals surface area contributed by atoms with Crippen molar-refractivity contribution in [2.75, 3.05) is 11.9 Å². The first-order valence-corrected chi connectivity index (χ1v) is 10.1. The maximum Gasteiger partial charge on any atom is 0.434 e. The summed E-state index contributed by atoms with van der Waals surface area (Å²) < 4.78 is 79.5. The molecule has 1 aliphatic rings. The van der Waals surface area contributed by atoms with Crippen LogP contribution in [0.1, 0.15) is 47.4 Å². The van der Waals surface area contributed by atoms with Gasteiger partial charge in [-0.05, 0) is 37.8 Å². The van der Waals surface area contributed by atoms with Gasteiger partial charge in [0.2, 0.25) is 0 Å². The molecule has 0 saturated heterocycles. The van der Waals surface area contributed by atoms with Crippen molar-refractivity contribution in [3.63, 3.8) is 0 Å². The molecule has 178 valence electrons. The second-order valence-corrected chi connectivity index (χ2v) is 7.98. The lowest BCUT2D eigenvalue weighted by Crippen LogP contribution is -2.43. The van der Waals surface area contributed by atoms with Gasteiger partial charge < -0.3 is 10.2 Å². The van der Waals surface area contributed by atoms with E-state index in [1.54, 1.807) is 19.2 Å². The van der Waals surface area contributed by atoms with E-state index in [0.717, 1.165) is 12.4 Å². The average Bonchev–Trinajstić information content (AvgIpc) is 3.40. The Hall–Kier alpha value is -3.25. The van der Waals surface area contributed by atoms with Crippen molar-refractivity contribution in [2.24, 2.45) is 0 Å². The minimum Gasteiger partial charge on any atom is -0.358 e. The summed E-state index contributed by atoms with van der Waals surface area (Å²) in [6, 6.07) is 4.47. The topological polar surface area (TPSA) is 78.3 Å². The van der Waals surface area contributed by atoms with E-state index in [0.29, 0.717) is 31.5 Å². The van der Waals surface area contributed by atoms with Crippen LogP contribution in [-0.2, 0) is 12.4 Å². The van der Waals surface area contributed by atoms with Crippen molar-refractivity contribution in [1.82, 2.24) is 24.9 Å². The number of halogens is 6. The molecular weight excluding hydrogens is 454 g/mol.